The number of nitrogens with one attached hydrogen (secondary N) is 1. The first-order valence-corrected chi connectivity index (χ1v) is 7.46. The van der Waals surface area contributed by atoms with Crippen LogP contribution in [0.2, 0.25) is 0 Å². The summed E-state index contributed by atoms with van der Waals surface area (Å²) in [5.74, 6) is -0.166. The van der Waals surface area contributed by atoms with E-state index < -0.39 is 0 Å². The topological polar surface area (TPSA) is 15.3 Å². The fourth-order valence-electron chi connectivity index (χ4n) is 2.76. The highest BCUT2D eigenvalue weighted by atomic mass is 19.1. The lowest BCUT2D eigenvalue weighted by atomic mass is 10.1. The third-order valence-electron chi connectivity index (χ3n) is 3.98. The van der Waals surface area contributed by atoms with Crippen molar-refractivity contribution in [2.24, 2.45) is 0 Å². The Balaban J connectivity index is 1.72. The number of halogens is 1. The van der Waals surface area contributed by atoms with E-state index >= 15 is 0 Å². The zero-order valence-electron chi connectivity index (χ0n) is 11.9. The van der Waals surface area contributed by atoms with E-state index in [0.29, 0.717) is 6.04 Å². The van der Waals surface area contributed by atoms with Crippen LogP contribution in [0.15, 0.2) is 24.3 Å². The largest absolute Gasteiger partial charge is 0.373 e. The molecule has 1 aromatic rings. The summed E-state index contributed by atoms with van der Waals surface area (Å²) in [6.07, 6.45) is 8.12. The van der Waals surface area contributed by atoms with Crippen LogP contribution in [0.3, 0.4) is 0 Å². The van der Waals surface area contributed by atoms with E-state index in [9.17, 15) is 4.39 Å². The van der Waals surface area contributed by atoms with Gasteiger partial charge in [-0.2, -0.15) is 0 Å². The van der Waals surface area contributed by atoms with Crippen molar-refractivity contribution in [1.82, 2.24) is 5.32 Å². The average Bonchev–Trinajstić information content (AvgIpc) is 2.67. The number of anilines is 1. The average molecular weight is 264 g/mol. The summed E-state index contributed by atoms with van der Waals surface area (Å²) in [5.41, 5.74) is 0.947. The molecule has 1 aromatic carbocycles. The van der Waals surface area contributed by atoms with Crippen molar-refractivity contribution in [3.05, 3.63) is 30.1 Å². The smallest absolute Gasteiger partial charge is 0.125 e. The molecule has 1 saturated carbocycles. The fraction of sp³-hybridized carbons (Fsp3) is 0.625. The second kappa shape index (κ2) is 7.49. The van der Waals surface area contributed by atoms with Gasteiger partial charge in [0.1, 0.15) is 5.82 Å². The zero-order chi connectivity index (χ0) is 13.5. The molecule has 1 N–H and O–H groups in total. The van der Waals surface area contributed by atoms with Crippen LogP contribution < -0.4 is 10.2 Å². The summed E-state index contributed by atoms with van der Waals surface area (Å²) in [5, 5.41) is 3.64. The molecule has 0 aromatic heterocycles. The first-order valence-electron chi connectivity index (χ1n) is 7.46. The molecule has 0 aliphatic heterocycles. The predicted molar refractivity (Wildman–Crippen MR) is 79.2 cm³/mol. The van der Waals surface area contributed by atoms with E-state index in [0.717, 1.165) is 18.8 Å². The summed E-state index contributed by atoms with van der Waals surface area (Å²) in [6.45, 7) is 1.89. The molecule has 1 aliphatic rings. The van der Waals surface area contributed by atoms with Crippen LogP contribution in [0.4, 0.5) is 10.1 Å². The van der Waals surface area contributed by atoms with Gasteiger partial charge >= 0.3 is 0 Å². The van der Waals surface area contributed by atoms with E-state index in [1.807, 2.05) is 13.1 Å². The number of benzene rings is 1. The van der Waals surface area contributed by atoms with Gasteiger partial charge < -0.3 is 10.2 Å². The van der Waals surface area contributed by atoms with Crippen LogP contribution in [-0.2, 0) is 0 Å². The van der Waals surface area contributed by atoms with Crippen LogP contribution >= 0.6 is 0 Å². The first kappa shape index (κ1) is 14.3. The Kier molecular flexibility index (Phi) is 5.64. The monoisotopic (exact) mass is 264 g/mol. The molecule has 0 saturated heterocycles. The molecule has 1 fully saturated rings. The molecule has 1 aliphatic carbocycles. The van der Waals surface area contributed by atoms with Crippen molar-refractivity contribution in [3.63, 3.8) is 0 Å². The van der Waals surface area contributed by atoms with Crippen LogP contribution in [0.5, 0.6) is 0 Å². The molecule has 3 heteroatoms. The van der Waals surface area contributed by atoms with Gasteiger partial charge in [0.05, 0.1) is 0 Å². The summed E-state index contributed by atoms with van der Waals surface area (Å²) in [4.78, 5) is 2.10. The molecular weight excluding hydrogens is 239 g/mol. The molecular formula is C16H25FN2. The Labute approximate surface area is 116 Å². The maximum Gasteiger partial charge on any atom is 0.125 e. The van der Waals surface area contributed by atoms with Gasteiger partial charge in [0.15, 0.2) is 0 Å². The molecule has 0 heterocycles. The molecule has 0 atom stereocenters. The van der Waals surface area contributed by atoms with E-state index in [1.165, 1.54) is 44.6 Å². The van der Waals surface area contributed by atoms with E-state index in [2.05, 4.69) is 10.2 Å². The number of hydrogen-bond donors (Lipinski definition) is 1. The maximum atomic E-state index is 13.1. The number of hydrogen-bond acceptors (Lipinski definition) is 2. The van der Waals surface area contributed by atoms with Crippen molar-refractivity contribution < 1.29 is 4.39 Å². The lowest BCUT2D eigenvalue weighted by Gasteiger charge is -2.22. The third-order valence-corrected chi connectivity index (χ3v) is 3.98. The Hall–Kier alpha value is -1.09. The van der Waals surface area contributed by atoms with Crippen molar-refractivity contribution in [2.75, 3.05) is 25.0 Å². The van der Waals surface area contributed by atoms with Gasteiger partial charge in [0.25, 0.3) is 0 Å². The van der Waals surface area contributed by atoms with Gasteiger partial charge in [-0.15, -0.1) is 0 Å². The Bertz CT molecular complexity index is 373. The van der Waals surface area contributed by atoms with E-state index in [-0.39, 0.29) is 5.82 Å². The highest BCUT2D eigenvalue weighted by Crippen LogP contribution is 2.17. The Morgan fingerprint density at radius 1 is 1.21 bits per heavy atom. The third kappa shape index (κ3) is 4.83. The molecule has 19 heavy (non-hydrogen) atoms. The maximum absolute atomic E-state index is 13.1. The van der Waals surface area contributed by atoms with Crippen LogP contribution in [-0.4, -0.2) is 26.2 Å². The molecule has 0 radical (unpaired) electrons. The molecule has 2 rings (SSSR count). The first-order chi connectivity index (χ1) is 9.25. The van der Waals surface area contributed by atoms with Crippen molar-refractivity contribution in [2.45, 2.75) is 44.6 Å². The number of rotatable bonds is 5. The summed E-state index contributed by atoms with van der Waals surface area (Å²) < 4.78 is 13.1. The van der Waals surface area contributed by atoms with Crippen LogP contribution in [0.1, 0.15) is 38.5 Å². The van der Waals surface area contributed by atoms with Crippen molar-refractivity contribution in [1.29, 1.82) is 0 Å². The van der Waals surface area contributed by atoms with E-state index in [4.69, 9.17) is 0 Å². The van der Waals surface area contributed by atoms with Gasteiger partial charge in [-0.25, -0.2) is 4.39 Å². The van der Waals surface area contributed by atoms with Gasteiger partial charge in [-0.1, -0.05) is 31.7 Å². The number of nitrogens with zero attached hydrogens (tertiary/aromatic N) is 1. The van der Waals surface area contributed by atoms with Gasteiger partial charge in [-0.05, 0) is 31.0 Å². The van der Waals surface area contributed by atoms with Crippen LogP contribution in [0, 0.1) is 5.82 Å². The minimum absolute atomic E-state index is 0.166. The standard InChI is InChI=1S/C16H25FN2/c1-19(16-10-6-7-14(17)13-16)12-11-18-15-8-4-2-3-5-9-15/h6-7,10,13,15,18H,2-5,8-9,11-12H2,1H3. The lowest BCUT2D eigenvalue weighted by molar-refractivity contribution is 0.464. The number of likely N-dealkylation sites (N-methyl/N-ethyl adjacent to an activating group) is 1. The van der Waals surface area contributed by atoms with Crippen molar-refractivity contribution in [3.8, 4) is 0 Å². The quantitative estimate of drug-likeness (QED) is 0.818. The molecule has 0 spiro atoms. The Morgan fingerprint density at radius 3 is 2.63 bits per heavy atom. The second-order valence-corrected chi connectivity index (χ2v) is 5.54. The fourth-order valence-corrected chi connectivity index (χ4v) is 2.76. The lowest BCUT2D eigenvalue weighted by Crippen LogP contribution is -2.35. The summed E-state index contributed by atoms with van der Waals surface area (Å²) in [6, 6.07) is 7.48. The normalized spacial score (nSPS) is 17.2. The zero-order valence-corrected chi connectivity index (χ0v) is 11.9. The minimum atomic E-state index is -0.166. The summed E-state index contributed by atoms with van der Waals surface area (Å²) >= 11 is 0. The summed E-state index contributed by atoms with van der Waals surface area (Å²) in [7, 11) is 2.02. The van der Waals surface area contributed by atoms with Crippen molar-refractivity contribution >= 4 is 5.69 Å². The van der Waals surface area contributed by atoms with Gasteiger partial charge in [-0.3, -0.25) is 0 Å². The molecule has 2 nitrogen and oxygen atoms in total. The highest BCUT2D eigenvalue weighted by Gasteiger charge is 2.11. The predicted octanol–water partition coefficient (Wildman–Crippen LogP) is 3.57. The second-order valence-electron chi connectivity index (χ2n) is 5.54. The molecule has 106 valence electrons. The van der Waals surface area contributed by atoms with Gasteiger partial charge in [0, 0.05) is 31.9 Å². The Morgan fingerprint density at radius 2 is 1.95 bits per heavy atom. The van der Waals surface area contributed by atoms with Gasteiger partial charge in [0.2, 0.25) is 0 Å². The highest BCUT2D eigenvalue weighted by molar-refractivity contribution is 5.45. The molecule has 0 amide bonds. The van der Waals surface area contributed by atoms with E-state index in [1.54, 1.807) is 12.1 Å². The van der Waals surface area contributed by atoms with Crippen LogP contribution in [0.25, 0.3) is 0 Å². The SMILES string of the molecule is CN(CCNC1CCCCCC1)c1cccc(F)c1. The molecule has 0 bridgehead atoms. The minimum Gasteiger partial charge on any atom is -0.373 e. The molecule has 0 unspecified atom stereocenters.